The van der Waals surface area contributed by atoms with Gasteiger partial charge in [-0.25, -0.2) is 0 Å². The Bertz CT molecular complexity index is 643. The first-order valence-electron chi connectivity index (χ1n) is 6.23. The van der Waals surface area contributed by atoms with E-state index in [4.69, 9.17) is 4.74 Å². The maximum absolute atomic E-state index is 12.1. The number of carbonyl (C=O) groups excluding carboxylic acids is 1. The molecule has 0 spiro atoms. The first-order chi connectivity index (χ1) is 9.60. The summed E-state index contributed by atoms with van der Waals surface area (Å²) in [6.07, 6.45) is 3.40. The molecule has 0 saturated carbocycles. The van der Waals surface area contributed by atoms with Crippen molar-refractivity contribution in [3.8, 4) is 5.75 Å². The molecule has 2 nitrogen and oxygen atoms in total. The number of ketones is 1. The standard InChI is InChI=1S/C17H15BrO2/c1-12-3-5-13(6-4-12)7-9-16(19)14-8-10-17(20-2)15(18)11-14/h3-11H,1-2H3/b9-7+. The molecule has 0 aliphatic heterocycles. The van der Waals surface area contributed by atoms with E-state index in [1.807, 2.05) is 37.3 Å². The van der Waals surface area contributed by atoms with Gasteiger partial charge in [0.2, 0.25) is 0 Å². The third kappa shape index (κ3) is 3.58. The lowest BCUT2D eigenvalue weighted by Gasteiger charge is -2.04. The molecule has 2 aromatic rings. The second-order valence-electron chi connectivity index (χ2n) is 4.46. The monoisotopic (exact) mass is 330 g/mol. The molecule has 0 amide bonds. The van der Waals surface area contributed by atoms with Crippen LogP contribution >= 0.6 is 15.9 Å². The van der Waals surface area contributed by atoms with Gasteiger partial charge in [-0.2, -0.15) is 0 Å². The van der Waals surface area contributed by atoms with Gasteiger partial charge in [-0.15, -0.1) is 0 Å². The number of aryl methyl sites for hydroxylation is 1. The van der Waals surface area contributed by atoms with E-state index in [9.17, 15) is 4.79 Å². The minimum Gasteiger partial charge on any atom is -0.496 e. The predicted octanol–water partition coefficient (Wildman–Crippen LogP) is 4.66. The smallest absolute Gasteiger partial charge is 0.185 e. The maximum atomic E-state index is 12.1. The van der Waals surface area contributed by atoms with Crippen molar-refractivity contribution >= 4 is 27.8 Å². The molecular weight excluding hydrogens is 316 g/mol. The molecule has 2 rings (SSSR count). The van der Waals surface area contributed by atoms with Crippen molar-refractivity contribution in [1.29, 1.82) is 0 Å². The van der Waals surface area contributed by atoms with E-state index in [0.29, 0.717) is 11.3 Å². The van der Waals surface area contributed by atoms with Crippen LogP contribution in [0.25, 0.3) is 6.08 Å². The number of halogens is 1. The van der Waals surface area contributed by atoms with Crippen LogP contribution in [0.5, 0.6) is 5.75 Å². The maximum Gasteiger partial charge on any atom is 0.185 e. The Morgan fingerprint density at radius 3 is 2.45 bits per heavy atom. The summed E-state index contributed by atoms with van der Waals surface area (Å²) in [5, 5.41) is 0. The largest absolute Gasteiger partial charge is 0.496 e. The van der Waals surface area contributed by atoms with Crippen molar-refractivity contribution in [3.05, 3.63) is 69.7 Å². The summed E-state index contributed by atoms with van der Waals surface area (Å²) >= 11 is 3.38. The zero-order valence-electron chi connectivity index (χ0n) is 11.4. The number of hydrogen-bond donors (Lipinski definition) is 0. The van der Waals surface area contributed by atoms with Gasteiger partial charge >= 0.3 is 0 Å². The number of methoxy groups -OCH3 is 1. The van der Waals surface area contributed by atoms with Crippen molar-refractivity contribution < 1.29 is 9.53 Å². The molecule has 0 heterocycles. The Balaban J connectivity index is 2.15. The molecule has 0 N–H and O–H groups in total. The first-order valence-corrected chi connectivity index (χ1v) is 7.02. The Morgan fingerprint density at radius 1 is 1.15 bits per heavy atom. The number of allylic oxidation sites excluding steroid dienone is 1. The lowest BCUT2D eigenvalue weighted by molar-refractivity contribution is 0.104. The summed E-state index contributed by atoms with van der Waals surface area (Å²) in [5.74, 6) is 0.679. The van der Waals surface area contributed by atoms with E-state index in [1.165, 1.54) is 5.56 Å². The molecule has 0 aliphatic rings. The van der Waals surface area contributed by atoms with Crippen LogP contribution in [0.1, 0.15) is 21.5 Å². The van der Waals surface area contributed by atoms with Gasteiger partial charge in [-0.3, -0.25) is 4.79 Å². The fourth-order valence-electron chi connectivity index (χ4n) is 1.77. The van der Waals surface area contributed by atoms with Crippen LogP contribution in [0, 0.1) is 6.92 Å². The highest BCUT2D eigenvalue weighted by atomic mass is 79.9. The topological polar surface area (TPSA) is 26.3 Å². The molecule has 20 heavy (non-hydrogen) atoms. The molecule has 0 atom stereocenters. The van der Waals surface area contributed by atoms with Crippen molar-refractivity contribution in [2.24, 2.45) is 0 Å². The van der Waals surface area contributed by atoms with Crippen LogP contribution in [0.3, 0.4) is 0 Å². The number of benzene rings is 2. The molecule has 102 valence electrons. The minimum absolute atomic E-state index is 0.0334. The second kappa shape index (κ2) is 6.53. The summed E-state index contributed by atoms with van der Waals surface area (Å²) in [6, 6.07) is 13.3. The molecule has 3 heteroatoms. The lowest BCUT2D eigenvalue weighted by Crippen LogP contribution is -1.95. The van der Waals surface area contributed by atoms with Gasteiger partial charge in [0.1, 0.15) is 5.75 Å². The fraction of sp³-hybridized carbons (Fsp3) is 0.118. The summed E-state index contributed by atoms with van der Waals surface area (Å²) in [7, 11) is 1.60. The van der Waals surface area contributed by atoms with Crippen LogP contribution in [-0.2, 0) is 0 Å². The van der Waals surface area contributed by atoms with Crippen LogP contribution in [0.2, 0.25) is 0 Å². The molecule has 2 aromatic carbocycles. The highest BCUT2D eigenvalue weighted by Crippen LogP contribution is 2.25. The van der Waals surface area contributed by atoms with Gasteiger partial charge < -0.3 is 4.74 Å². The van der Waals surface area contributed by atoms with Crippen molar-refractivity contribution in [2.45, 2.75) is 6.92 Å². The van der Waals surface area contributed by atoms with Gasteiger partial charge in [0, 0.05) is 5.56 Å². The number of ether oxygens (including phenoxy) is 1. The highest BCUT2D eigenvalue weighted by Gasteiger charge is 2.06. The Kier molecular flexibility index (Phi) is 4.74. The number of hydrogen-bond acceptors (Lipinski definition) is 2. The quantitative estimate of drug-likeness (QED) is 0.601. The Labute approximate surface area is 127 Å². The molecule has 0 bridgehead atoms. The molecular formula is C17H15BrO2. The minimum atomic E-state index is -0.0334. The van der Waals surface area contributed by atoms with Crippen LogP contribution in [0.4, 0.5) is 0 Å². The zero-order chi connectivity index (χ0) is 14.5. The summed E-state index contributed by atoms with van der Waals surface area (Å²) in [6.45, 7) is 2.04. The van der Waals surface area contributed by atoms with E-state index in [1.54, 1.807) is 31.4 Å². The third-order valence-electron chi connectivity index (χ3n) is 2.94. The Hall–Kier alpha value is -1.87. The normalized spacial score (nSPS) is 10.8. The second-order valence-corrected chi connectivity index (χ2v) is 5.31. The van der Waals surface area contributed by atoms with E-state index in [0.717, 1.165) is 10.0 Å². The third-order valence-corrected chi connectivity index (χ3v) is 3.56. The van der Waals surface area contributed by atoms with E-state index in [2.05, 4.69) is 15.9 Å². The van der Waals surface area contributed by atoms with Gasteiger partial charge in [0.25, 0.3) is 0 Å². The van der Waals surface area contributed by atoms with Crippen LogP contribution in [0.15, 0.2) is 53.0 Å². The van der Waals surface area contributed by atoms with Gasteiger partial charge in [0.05, 0.1) is 11.6 Å². The number of carbonyl (C=O) groups is 1. The van der Waals surface area contributed by atoms with E-state index < -0.39 is 0 Å². The Morgan fingerprint density at radius 2 is 1.85 bits per heavy atom. The van der Waals surface area contributed by atoms with Gasteiger partial charge in [-0.1, -0.05) is 35.9 Å². The first kappa shape index (κ1) is 14.5. The van der Waals surface area contributed by atoms with Crippen molar-refractivity contribution in [1.82, 2.24) is 0 Å². The molecule has 0 aliphatic carbocycles. The average Bonchev–Trinajstić information content (AvgIpc) is 2.46. The fourth-order valence-corrected chi connectivity index (χ4v) is 2.31. The summed E-state index contributed by atoms with van der Waals surface area (Å²) in [4.78, 5) is 12.1. The highest BCUT2D eigenvalue weighted by molar-refractivity contribution is 9.10. The summed E-state index contributed by atoms with van der Waals surface area (Å²) < 4.78 is 5.92. The van der Waals surface area contributed by atoms with E-state index in [-0.39, 0.29) is 5.78 Å². The summed E-state index contributed by atoms with van der Waals surface area (Å²) in [5.41, 5.74) is 2.84. The SMILES string of the molecule is COc1ccc(C(=O)/C=C/c2ccc(C)cc2)cc1Br. The van der Waals surface area contributed by atoms with Crippen molar-refractivity contribution in [2.75, 3.05) is 7.11 Å². The molecule has 0 saturated heterocycles. The molecule has 0 unspecified atom stereocenters. The number of rotatable bonds is 4. The molecule has 0 aromatic heterocycles. The van der Waals surface area contributed by atoms with E-state index >= 15 is 0 Å². The van der Waals surface area contributed by atoms with Crippen molar-refractivity contribution in [3.63, 3.8) is 0 Å². The van der Waals surface area contributed by atoms with Gasteiger partial charge in [-0.05, 0) is 52.7 Å². The van der Waals surface area contributed by atoms with Crippen LogP contribution in [-0.4, -0.2) is 12.9 Å². The van der Waals surface area contributed by atoms with Crippen LogP contribution < -0.4 is 4.74 Å². The molecule has 0 fully saturated rings. The average molecular weight is 331 g/mol. The predicted molar refractivity (Wildman–Crippen MR) is 85.2 cm³/mol. The van der Waals surface area contributed by atoms with Gasteiger partial charge in [0.15, 0.2) is 5.78 Å². The zero-order valence-corrected chi connectivity index (χ0v) is 13.0. The molecule has 0 radical (unpaired) electrons. The lowest BCUT2D eigenvalue weighted by atomic mass is 10.1.